The summed E-state index contributed by atoms with van der Waals surface area (Å²) < 4.78 is 5.58. The highest BCUT2D eigenvalue weighted by atomic mass is 35.5. The first-order valence-electron chi connectivity index (χ1n) is 5.75. The Bertz CT molecular complexity index is 534. The minimum absolute atomic E-state index is 0. The maximum absolute atomic E-state index is 5.90. The van der Waals surface area contributed by atoms with E-state index in [0.717, 1.165) is 23.4 Å². The second kappa shape index (κ2) is 6.75. The molecule has 0 aliphatic carbocycles. The van der Waals surface area contributed by atoms with Gasteiger partial charge < -0.3 is 10.5 Å². The Morgan fingerprint density at radius 2 is 2.00 bits per heavy atom. The monoisotopic (exact) mass is 298 g/mol. The fourth-order valence-electron chi connectivity index (χ4n) is 2.11. The van der Waals surface area contributed by atoms with Gasteiger partial charge in [-0.15, -0.1) is 24.8 Å². The number of ether oxygens (including phenoxy) is 1. The first-order valence-corrected chi connectivity index (χ1v) is 5.75. The van der Waals surface area contributed by atoms with Gasteiger partial charge >= 0.3 is 0 Å². The lowest BCUT2D eigenvalue weighted by Gasteiger charge is -2.22. The molecule has 1 atom stereocenters. The quantitative estimate of drug-likeness (QED) is 0.881. The molecule has 2 N–H and O–H groups in total. The van der Waals surface area contributed by atoms with Gasteiger partial charge in [-0.1, -0.05) is 6.07 Å². The van der Waals surface area contributed by atoms with Crippen molar-refractivity contribution in [3.63, 3.8) is 0 Å². The van der Waals surface area contributed by atoms with Gasteiger partial charge in [0.15, 0.2) is 0 Å². The van der Waals surface area contributed by atoms with Crippen molar-refractivity contribution >= 4 is 24.8 Å². The molecule has 0 fully saturated rings. The van der Waals surface area contributed by atoms with Gasteiger partial charge in [0.2, 0.25) is 0 Å². The Hall–Kier alpha value is -1.29. The molecule has 0 bridgehead atoms. The van der Waals surface area contributed by atoms with E-state index in [1.165, 1.54) is 5.56 Å². The van der Waals surface area contributed by atoms with Crippen LogP contribution in [0.1, 0.15) is 5.56 Å². The Morgan fingerprint density at radius 1 is 1.16 bits per heavy atom. The lowest BCUT2D eigenvalue weighted by molar-refractivity contribution is 0.263. The van der Waals surface area contributed by atoms with Crippen molar-refractivity contribution in [3.05, 3.63) is 48.2 Å². The summed E-state index contributed by atoms with van der Waals surface area (Å²) in [7, 11) is 0. The van der Waals surface area contributed by atoms with Crippen molar-refractivity contribution in [2.24, 2.45) is 5.73 Å². The molecule has 0 saturated carbocycles. The summed E-state index contributed by atoms with van der Waals surface area (Å²) in [5.74, 6) is 0.950. The minimum atomic E-state index is 0. The zero-order valence-electron chi connectivity index (χ0n) is 10.3. The molecule has 3 rings (SSSR count). The molecule has 102 valence electrons. The lowest BCUT2D eigenvalue weighted by atomic mass is 9.99. The molecule has 2 heterocycles. The van der Waals surface area contributed by atoms with Crippen molar-refractivity contribution in [2.75, 3.05) is 6.61 Å². The molecular formula is C14H16Cl2N2O. The Morgan fingerprint density at radius 3 is 2.74 bits per heavy atom. The molecule has 0 spiro atoms. The number of hydrogen-bond donors (Lipinski definition) is 1. The van der Waals surface area contributed by atoms with Crippen LogP contribution >= 0.6 is 24.8 Å². The third kappa shape index (κ3) is 3.38. The van der Waals surface area contributed by atoms with Crippen LogP contribution in [0.25, 0.3) is 11.3 Å². The predicted octanol–water partition coefficient (Wildman–Crippen LogP) is 2.85. The van der Waals surface area contributed by atoms with Gasteiger partial charge in [0, 0.05) is 17.8 Å². The molecule has 1 aromatic carbocycles. The SMILES string of the molecule is Cl.Cl.N[C@H]1COc2ccc(-c3ccccn3)cc2C1. The number of nitrogens with two attached hydrogens (primary N) is 1. The number of aromatic nitrogens is 1. The van der Waals surface area contributed by atoms with Crippen LogP contribution in [0, 0.1) is 0 Å². The highest BCUT2D eigenvalue weighted by molar-refractivity contribution is 5.85. The first-order chi connectivity index (χ1) is 8.33. The van der Waals surface area contributed by atoms with Crippen LogP contribution in [0.15, 0.2) is 42.6 Å². The topological polar surface area (TPSA) is 48.1 Å². The Kier molecular flexibility index (Phi) is 5.60. The largest absolute Gasteiger partial charge is 0.492 e. The van der Waals surface area contributed by atoms with Crippen molar-refractivity contribution in [3.8, 4) is 17.0 Å². The summed E-state index contributed by atoms with van der Waals surface area (Å²) in [5, 5.41) is 0. The standard InChI is InChI=1S/C14H14N2O.2ClH/c15-12-8-11-7-10(4-5-14(11)17-9-12)13-3-1-2-6-16-13;;/h1-7,12H,8-9,15H2;2*1H/t12-;;/m1../s1. The summed E-state index contributed by atoms with van der Waals surface area (Å²) in [6, 6.07) is 12.2. The van der Waals surface area contributed by atoms with Gasteiger partial charge in [0.25, 0.3) is 0 Å². The van der Waals surface area contributed by atoms with Crippen molar-refractivity contribution < 1.29 is 4.74 Å². The van der Waals surface area contributed by atoms with E-state index in [1.807, 2.05) is 30.3 Å². The lowest BCUT2D eigenvalue weighted by Crippen LogP contribution is -2.33. The van der Waals surface area contributed by atoms with Crippen LogP contribution in [-0.4, -0.2) is 17.6 Å². The van der Waals surface area contributed by atoms with Gasteiger partial charge in [-0.05, 0) is 42.3 Å². The molecule has 5 heteroatoms. The van der Waals surface area contributed by atoms with Crippen LogP contribution < -0.4 is 10.5 Å². The second-order valence-electron chi connectivity index (χ2n) is 4.31. The minimum Gasteiger partial charge on any atom is -0.492 e. The number of nitrogens with zero attached hydrogens (tertiary/aromatic N) is 1. The molecule has 1 aromatic heterocycles. The van der Waals surface area contributed by atoms with Gasteiger partial charge in [-0.3, -0.25) is 4.98 Å². The average molecular weight is 299 g/mol. The first kappa shape index (κ1) is 15.8. The second-order valence-corrected chi connectivity index (χ2v) is 4.31. The summed E-state index contributed by atoms with van der Waals surface area (Å²) >= 11 is 0. The van der Waals surface area contributed by atoms with Crippen LogP contribution in [0.4, 0.5) is 0 Å². The maximum atomic E-state index is 5.90. The Balaban J connectivity index is 0.000000902. The predicted molar refractivity (Wildman–Crippen MR) is 81.3 cm³/mol. The van der Waals surface area contributed by atoms with E-state index in [-0.39, 0.29) is 30.9 Å². The van der Waals surface area contributed by atoms with Gasteiger partial charge in [0.1, 0.15) is 12.4 Å². The molecule has 3 nitrogen and oxygen atoms in total. The molecule has 0 unspecified atom stereocenters. The average Bonchev–Trinajstić information content (AvgIpc) is 2.39. The zero-order valence-corrected chi connectivity index (χ0v) is 11.9. The third-order valence-electron chi connectivity index (χ3n) is 2.96. The number of halogens is 2. The Labute approximate surface area is 125 Å². The highest BCUT2D eigenvalue weighted by Crippen LogP contribution is 2.28. The van der Waals surface area contributed by atoms with Crippen LogP contribution in [0.5, 0.6) is 5.75 Å². The summed E-state index contributed by atoms with van der Waals surface area (Å²) in [6.45, 7) is 0.607. The molecule has 1 aliphatic rings. The van der Waals surface area contributed by atoms with Crippen LogP contribution in [0.3, 0.4) is 0 Å². The fourth-order valence-corrected chi connectivity index (χ4v) is 2.11. The number of benzene rings is 1. The maximum Gasteiger partial charge on any atom is 0.122 e. The van der Waals surface area contributed by atoms with Gasteiger partial charge in [-0.2, -0.15) is 0 Å². The van der Waals surface area contributed by atoms with Crippen LogP contribution in [0.2, 0.25) is 0 Å². The molecule has 0 saturated heterocycles. The molecule has 0 radical (unpaired) electrons. The van der Waals surface area contributed by atoms with E-state index >= 15 is 0 Å². The summed E-state index contributed by atoms with van der Waals surface area (Å²) in [6.07, 6.45) is 2.67. The molecular weight excluding hydrogens is 283 g/mol. The number of fused-ring (bicyclic) bond motifs is 1. The van der Waals surface area contributed by atoms with E-state index in [0.29, 0.717) is 6.61 Å². The van der Waals surface area contributed by atoms with E-state index in [4.69, 9.17) is 10.5 Å². The number of hydrogen-bond acceptors (Lipinski definition) is 3. The van der Waals surface area contributed by atoms with E-state index in [1.54, 1.807) is 6.20 Å². The van der Waals surface area contributed by atoms with Crippen molar-refractivity contribution in [1.29, 1.82) is 0 Å². The molecule has 2 aromatic rings. The molecule has 0 amide bonds. The fraction of sp³-hybridized carbons (Fsp3) is 0.214. The van der Waals surface area contributed by atoms with E-state index in [2.05, 4.69) is 11.1 Å². The molecule has 19 heavy (non-hydrogen) atoms. The molecule has 1 aliphatic heterocycles. The van der Waals surface area contributed by atoms with Gasteiger partial charge in [-0.25, -0.2) is 0 Å². The smallest absolute Gasteiger partial charge is 0.122 e. The number of pyridine rings is 1. The van der Waals surface area contributed by atoms with Crippen molar-refractivity contribution in [2.45, 2.75) is 12.5 Å². The van der Waals surface area contributed by atoms with Crippen molar-refractivity contribution in [1.82, 2.24) is 4.98 Å². The van der Waals surface area contributed by atoms with E-state index < -0.39 is 0 Å². The zero-order chi connectivity index (χ0) is 11.7. The third-order valence-corrected chi connectivity index (χ3v) is 2.96. The summed E-state index contributed by atoms with van der Waals surface area (Å²) in [4.78, 5) is 4.34. The highest BCUT2D eigenvalue weighted by Gasteiger charge is 2.17. The van der Waals surface area contributed by atoms with E-state index in [9.17, 15) is 0 Å². The van der Waals surface area contributed by atoms with Crippen LogP contribution in [-0.2, 0) is 6.42 Å². The number of rotatable bonds is 1. The normalized spacial score (nSPS) is 16.4. The summed E-state index contributed by atoms with van der Waals surface area (Å²) in [5.41, 5.74) is 9.16. The van der Waals surface area contributed by atoms with Gasteiger partial charge in [0.05, 0.1) is 5.69 Å².